The number of hydrogen-bond donors (Lipinski definition) is 1. The molecule has 1 nitrogen and oxygen atoms in total. The molecular formula is C16H15Cl2N. The average Bonchev–Trinajstić information content (AvgIpc) is 2.66. The molecule has 0 amide bonds. The third-order valence-corrected chi connectivity index (χ3v) is 4.66. The fourth-order valence-corrected chi connectivity index (χ4v) is 3.30. The Morgan fingerprint density at radius 2 is 1.84 bits per heavy atom. The topological polar surface area (TPSA) is 26.0 Å². The second-order valence-corrected chi connectivity index (χ2v) is 6.25. The number of hydrogen-bond acceptors (Lipinski definition) is 1. The minimum absolute atomic E-state index is 0.284. The number of nitrogens with two attached hydrogens (primary N) is 1. The van der Waals surface area contributed by atoms with E-state index in [0.29, 0.717) is 16.0 Å². The van der Waals surface area contributed by atoms with Crippen LogP contribution in [0.1, 0.15) is 36.0 Å². The zero-order chi connectivity index (χ0) is 13.6. The van der Waals surface area contributed by atoms with Crippen LogP contribution >= 0.6 is 23.2 Å². The van der Waals surface area contributed by atoms with E-state index in [4.69, 9.17) is 28.9 Å². The zero-order valence-electron chi connectivity index (χ0n) is 10.7. The average molecular weight is 292 g/mol. The zero-order valence-corrected chi connectivity index (χ0v) is 12.2. The molecule has 2 aromatic rings. The van der Waals surface area contributed by atoms with Gasteiger partial charge in [0.2, 0.25) is 0 Å². The Morgan fingerprint density at radius 1 is 1.11 bits per heavy atom. The summed E-state index contributed by atoms with van der Waals surface area (Å²) in [5.74, 6) is 0.293. The highest BCUT2D eigenvalue weighted by Crippen LogP contribution is 2.46. The molecule has 0 aliphatic heterocycles. The van der Waals surface area contributed by atoms with Crippen molar-refractivity contribution in [3.63, 3.8) is 0 Å². The van der Waals surface area contributed by atoms with E-state index >= 15 is 0 Å². The van der Waals surface area contributed by atoms with Gasteiger partial charge < -0.3 is 5.73 Å². The van der Waals surface area contributed by atoms with Crippen molar-refractivity contribution in [3.05, 3.63) is 69.2 Å². The summed E-state index contributed by atoms with van der Waals surface area (Å²) >= 11 is 12.1. The van der Waals surface area contributed by atoms with Gasteiger partial charge in [-0.3, -0.25) is 0 Å². The van der Waals surface area contributed by atoms with Crippen LogP contribution in [0, 0.1) is 0 Å². The minimum Gasteiger partial charge on any atom is -0.322 e. The van der Waals surface area contributed by atoms with Crippen LogP contribution < -0.4 is 5.73 Å². The van der Waals surface area contributed by atoms with Crippen LogP contribution in [0.3, 0.4) is 0 Å². The molecule has 0 radical (unpaired) electrons. The van der Waals surface area contributed by atoms with E-state index in [1.54, 1.807) is 0 Å². The lowest BCUT2D eigenvalue weighted by Crippen LogP contribution is -2.30. The Morgan fingerprint density at radius 3 is 2.58 bits per heavy atom. The summed E-state index contributed by atoms with van der Waals surface area (Å²) in [5, 5.41) is 1.19. The van der Waals surface area contributed by atoms with Crippen molar-refractivity contribution in [1.29, 1.82) is 0 Å². The third-order valence-electron chi connectivity index (χ3n) is 3.93. The number of benzene rings is 2. The van der Waals surface area contributed by atoms with Crippen molar-refractivity contribution in [1.82, 2.24) is 0 Å². The third kappa shape index (κ3) is 2.16. The van der Waals surface area contributed by atoms with Crippen molar-refractivity contribution in [2.24, 2.45) is 5.73 Å². The lowest BCUT2D eigenvalue weighted by atomic mass is 9.91. The summed E-state index contributed by atoms with van der Waals surface area (Å²) in [5.41, 5.74) is 9.84. The molecule has 2 atom stereocenters. The minimum atomic E-state index is -0.284. The first kappa shape index (κ1) is 13.0. The summed E-state index contributed by atoms with van der Waals surface area (Å²) in [7, 11) is 0. The van der Waals surface area contributed by atoms with E-state index in [0.717, 1.165) is 6.42 Å². The van der Waals surface area contributed by atoms with Gasteiger partial charge in [0.1, 0.15) is 0 Å². The van der Waals surface area contributed by atoms with Gasteiger partial charge in [-0.05, 0) is 42.2 Å². The molecule has 0 saturated heterocycles. The van der Waals surface area contributed by atoms with Crippen molar-refractivity contribution in [3.8, 4) is 0 Å². The molecule has 98 valence electrons. The van der Waals surface area contributed by atoms with Gasteiger partial charge in [0, 0.05) is 11.5 Å². The molecule has 0 aromatic heterocycles. The van der Waals surface area contributed by atoms with Gasteiger partial charge in [-0.2, -0.15) is 0 Å². The van der Waals surface area contributed by atoms with Crippen LogP contribution in [0.5, 0.6) is 0 Å². The van der Waals surface area contributed by atoms with Gasteiger partial charge in [-0.25, -0.2) is 0 Å². The number of halogens is 2. The lowest BCUT2D eigenvalue weighted by Gasteiger charge is -2.19. The maximum atomic E-state index is 6.43. The van der Waals surface area contributed by atoms with Crippen molar-refractivity contribution in [2.45, 2.75) is 24.8 Å². The second-order valence-electron chi connectivity index (χ2n) is 5.43. The smallest absolute Gasteiger partial charge is 0.0595 e. The van der Waals surface area contributed by atoms with Gasteiger partial charge in [0.15, 0.2) is 0 Å². The largest absolute Gasteiger partial charge is 0.322 e. The predicted octanol–water partition coefficient (Wildman–Crippen LogP) is 4.70. The Labute approximate surface area is 123 Å². The molecule has 19 heavy (non-hydrogen) atoms. The van der Waals surface area contributed by atoms with Crippen LogP contribution in [0.25, 0.3) is 0 Å². The highest BCUT2D eigenvalue weighted by Gasteiger charge is 2.37. The van der Waals surface area contributed by atoms with Crippen molar-refractivity contribution >= 4 is 23.2 Å². The highest BCUT2D eigenvalue weighted by atomic mass is 35.5. The molecule has 1 aliphatic rings. The maximum Gasteiger partial charge on any atom is 0.0595 e. The van der Waals surface area contributed by atoms with Crippen LogP contribution in [0.15, 0.2) is 42.5 Å². The fourth-order valence-electron chi connectivity index (χ4n) is 2.99. The summed E-state index contributed by atoms with van der Waals surface area (Å²) in [4.78, 5) is 0. The van der Waals surface area contributed by atoms with Crippen LogP contribution in [0.4, 0.5) is 0 Å². The van der Waals surface area contributed by atoms with Crippen LogP contribution in [-0.4, -0.2) is 0 Å². The first-order valence-electron chi connectivity index (χ1n) is 6.32. The van der Waals surface area contributed by atoms with Gasteiger partial charge in [0.05, 0.1) is 10.0 Å². The summed E-state index contributed by atoms with van der Waals surface area (Å²) < 4.78 is 0. The molecular weight excluding hydrogens is 277 g/mol. The number of fused-ring (bicyclic) bond motifs is 1. The van der Waals surface area contributed by atoms with Crippen LogP contribution in [-0.2, 0) is 5.54 Å². The summed E-state index contributed by atoms with van der Waals surface area (Å²) in [6.07, 6.45) is 0.893. The lowest BCUT2D eigenvalue weighted by molar-refractivity contribution is 0.472. The quantitative estimate of drug-likeness (QED) is 0.809. The molecule has 1 aliphatic carbocycles. The molecule has 3 rings (SSSR count). The van der Waals surface area contributed by atoms with E-state index in [1.165, 1.54) is 16.7 Å². The number of rotatable bonds is 1. The monoisotopic (exact) mass is 291 g/mol. The van der Waals surface area contributed by atoms with E-state index < -0.39 is 0 Å². The van der Waals surface area contributed by atoms with E-state index in [2.05, 4.69) is 25.1 Å². The Bertz CT molecular complexity index is 634. The molecule has 2 unspecified atom stereocenters. The van der Waals surface area contributed by atoms with E-state index in [1.807, 2.05) is 24.3 Å². The molecule has 0 fully saturated rings. The molecule has 2 aromatic carbocycles. The Kier molecular flexibility index (Phi) is 3.09. The van der Waals surface area contributed by atoms with Crippen LogP contribution in [0.2, 0.25) is 10.0 Å². The van der Waals surface area contributed by atoms with Gasteiger partial charge in [-0.1, -0.05) is 53.5 Å². The molecule has 2 N–H and O–H groups in total. The summed E-state index contributed by atoms with van der Waals surface area (Å²) in [6, 6.07) is 14.2. The first-order chi connectivity index (χ1) is 8.99. The van der Waals surface area contributed by atoms with Gasteiger partial charge >= 0.3 is 0 Å². The SMILES string of the molecule is CC1(N)CC(c2ccc(Cl)c(Cl)c2)c2ccccc21. The standard InChI is InChI=1S/C16H15Cl2N/c1-16(19)9-12(11-4-2-3-5-13(11)16)10-6-7-14(17)15(18)8-10/h2-8,12H,9,19H2,1H3. The van der Waals surface area contributed by atoms with Crippen molar-refractivity contribution in [2.75, 3.05) is 0 Å². The van der Waals surface area contributed by atoms with E-state index in [9.17, 15) is 0 Å². The first-order valence-corrected chi connectivity index (χ1v) is 7.08. The molecule has 0 heterocycles. The predicted molar refractivity (Wildman–Crippen MR) is 80.9 cm³/mol. The summed E-state index contributed by atoms with van der Waals surface area (Å²) in [6.45, 7) is 2.09. The molecule has 3 heteroatoms. The second kappa shape index (κ2) is 4.52. The van der Waals surface area contributed by atoms with Gasteiger partial charge in [0.25, 0.3) is 0 Å². The van der Waals surface area contributed by atoms with E-state index in [-0.39, 0.29) is 5.54 Å². The molecule has 0 spiro atoms. The normalized spacial score (nSPS) is 25.4. The molecule has 0 bridgehead atoms. The Balaban J connectivity index is 2.10. The molecule has 0 saturated carbocycles. The highest BCUT2D eigenvalue weighted by molar-refractivity contribution is 6.42. The van der Waals surface area contributed by atoms with Crippen molar-refractivity contribution < 1.29 is 0 Å². The Hall–Kier alpha value is -1.02. The maximum absolute atomic E-state index is 6.43. The fraction of sp³-hybridized carbons (Fsp3) is 0.250. The van der Waals surface area contributed by atoms with Gasteiger partial charge in [-0.15, -0.1) is 0 Å².